The van der Waals surface area contributed by atoms with Gasteiger partial charge in [0.25, 0.3) is 0 Å². The maximum atomic E-state index is 11.3. The second kappa shape index (κ2) is 13.2. The quantitative estimate of drug-likeness (QED) is 0.209. The van der Waals surface area contributed by atoms with Gasteiger partial charge in [0.2, 0.25) is 0 Å². The van der Waals surface area contributed by atoms with Crippen LogP contribution in [0.25, 0.3) is 82.1 Å². The van der Waals surface area contributed by atoms with Gasteiger partial charge in [-0.3, -0.25) is 4.57 Å². The van der Waals surface area contributed by atoms with E-state index in [1.165, 1.54) is 0 Å². The number of hydrogen-bond donors (Lipinski definition) is 1. The molecule has 14 heteroatoms. The topological polar surface area (TPSA) is 38.0 Å². The first-order valence-corrected chi connectivity index (χ1v) is 18.0. The zero-order chi connectivity index (χ0) is 40.3. The van der Waals surface area contributed by atoms with E-state index in [4.69, 9.17) is 86.3 Å². The third kappa shape index (κ3) is 5.50. The Bertz CT molecular complexity index is 3130. The van der Waals surface area contributed by atoms with Crippen LogP contribution in [0.2, 0.25) is 5.11 Å². The van der Waals surface area contributed by atoms with Crippen LogP contribution >= 0.6 is 0 Å². The number of hydrogen-bond acceptors (Lipinski definition) is 2. The van der Waals surface area contributed by atoms with Gasteiger partial charge in [-0.1, -0.05) is 106 Å². The van der Waals surface area contributed by atoms with Crippen LogP contribution in [0.3, 0.4) is 0 Å². The van der Waals surface area contributed by atoms with Crippen molar-refractivity contribution in [1.82, 2.24) is 9.55 Å². The van der Waals surface area contributed by atoms with Crippen molar-refractivity contribution in [3.05, 3.63) is 115 Å². The first-order valence-electron chi connectivity index (χ1n) is 18.0. The van der Waals surface area contributed by atoms with E-state index in [1.807, 2.05) is 78.9 Å². The van der Waals surface area contributed by atoms with Crippen LogP contribution in [0, 0.1) is 0 Å². The molecule has 57 heavy (non-hydrogen) atoms. The Hall–Kier alpha value is -5.06. The van der Waals surface area contributed by atoms with Gasteiger partial charge in [-0.05, 0) is 95.7 Å². The number of aliphatic hydroxyl groups is 1. The second-order valence-electron chi connectivity index (χ2n) is 14.6. The second-order valence-corrected chi connectivity index (χ2v) is 14.6. The molecule has 1 N–H and O–H groups in total. The van der Waals surface area contributed by atoms with Crippen molar-refractivity contribution in [3.8, 4) is 27.9 Å². The summed E-state index contributed by atoms with van der Waals surface area (Å²) in [6.07, 6.45) is 0. The van der Waals surface area contributed by atoms with E-state index in [9.17, 15) is 5.11 Å². The lowest BCUT2D eigenvalue weighted by atomic mass is 9.32. The fraction of sp³-hybridized carbons (Fsp3) is 0.0465. The third-order valence-corrected chi connectivity index (χ3v) is 11.1. The minimum atomic E-state index is -2.38. The molecule has 3 nitrogen and oxygen atoms in total. The van der Waals surface area contributed by atoms with Crippen LogP contribution in [0.4, 0.5) is 0 Å². The Balaban J connectivity index is 1.27. The summed E-state index contributed by atoms with van der Waals surface area (Å²) >= 11 is 0. The van der Waals surface area contributed by atoms with Gasteiger partial charge in [0.1, 0.15) is 68.6 Å². The van der Waals surface area contributed by atoms with Crippen molar-refractivity contribution in [2.24, 2.45) is 0 Å². The first-order chi connectivity index (χ1) is 27.1. The molecule has 1 unspecified atom stereocenters. The largest absolute Gasteiger partial charge is 0.394 e. The monoisotopic (exact) mass is 700 g/mol. The van der Waals surface area contributed by atoms with Crippen LogP contribution in [-0.2, 0) is 5.50 Å². The molecule has 8 aromatic carbocycles. The van der Waals surface area contributed by atoms with Crippen LogP contribution in [0.15, 0.2) is 109 Å². The molecular weight excluding hydrogens is 679 g/mol. The van der Waals surface area contributed by atoms with E-state index in [-0.39, 0.29) is 44.1 Å². The Kier molecular flexibility index (Phi) is 8.72. The highest BCUT2D eigenvalue weighted by atomic mass is 16.3. The van der Waals surface area contributed by atoms with E-state index >= 15 is 0 Å². The molecule has 240 valence electrons. The van der Waals surface area contributed by atoms with E-state index in [0.29, 0.717) is 33.1 Å². The maximum Gasteiger partial charge on any atom is 0.135 e. The fourth-order valence-corrected chi connectivity index (χ4v) is 8.17. The van der Waals surface area contributed by atoms with Gasteiger partial charge in [0.15, 0.2) is 0 Å². The van der Waals surface area contributed by atoms with E-state index in [1.54, 1.807) is 10.6 Å². The summed E-state index contributed by atoms with van der Waals surface area (Å²) in [4.78, 5) is 4.60. The molecule has 0 aliphatic rings. The van der Waals surface area contributed by atoms with Gasteiger partial charge in [-0.15, -0.1) is 16.0 Å². The normalized spacial score (nSPS) is 13.2. The number of para-hydroxylation sites is 2. The molecular formula is C43H19B11N2O. The van der Waals surface area contributed by atoms with E-state index < -0.39 is 10.6 Å². The van der Waals surface area contributed by atoms with Crippen LogP contribution < -0.4 is 38.2 Å². The maximum absolute atomic E-state index is 11.3. The number of fused-ring (bicyclic) bond motifs is 5. The molecule has 0 saturated heterocycles. The van der Waals surface area contributed by atoms with Crippen molar-refractivity contribution in [3.63, 3.8) is 0 Å². The van der Waals surface area contributed by atoms with Gasteiger partial charge in [0.05, 0.1) is 40.1 Å². The van der Waals surface area contributed by atoms with Crippen molar-refractivity contribution in [2.45, 2.75) is 10.6 Å². The minimum absolute atomic E-state index is 0.00149. The van der Waals surface area contributed by atoms with Crippen LogP contribution in [0.5, 0.6) is 0 Å². The molecule has 1 atom stereocenters. The summed E-state index contributed by atoms with van der Waals surface area (Å²) in [6, 6.07) is 35.6. The molecule has 1 aromatic heterocycles. The highest BCUT2D eigenvalue weighted by molar-refractivity contribution is 6.72. The number of nitrogens with zero attached hydrogens (tertiary/aromatic N) is 2. The number of imidazole rings is 1. The van der Waals surface area contributed by atoms with Gasteiger partial charge < -0.3 is 5.11 Å². The Morgan fingerprint density at radius 1 is 0.474 bits per heavy atom. The highest BCUT2D eigenvalue weighted by Crippen LogP contribution is 2.44. The summed E-state index contributed by atoms with van der Waals surface area (Å²) in [5, 5.41) is 15.4. The zero-order valence-corrected chi connectivity index (χ0v) is 30.6. The lowest BCUT2D eigenvalue weighted by Crippen LogP contribution is -2.52. The van der Waals surface area contributed by atoms with Gasteiger partial charge in [0, 0.05) is 5.69 Å². The summed E-state index contributed by atoms with van der Waals surface area (Å²) < 4.78 is 1.71. The highest BCUT2D eigenvalue weighted by Gasteiger charge is 2.39. The molecule has 0 aliphatic carbocycles. The number of benzene rings is 8. The third-order valence-electron chi connectivity index (χ3n) is 11.1. The van der Waals surface area contributed by atoms with Crippen molar-refractivity contribution < 1.29 is 5.11 Å². The minimum Gasteiger partial charge on any atom is -0.394 e. The summed E-state index contributed by atoms with van der Waals surface area (Å²) in [7, 11) is 70.3. The average molecular weight is 699 g/mol. The molecule has 1 heterocycles. The van der Waals surface area contributed by atoms with Gasteiger partial charge in [-0.2, -0.15) is 0 Å². The molecule has 0 fully saturated rings. The molecule has 9 rings (SSSR count). The lowest BCUT2D eigenvalue weighted by molar-refractivity contribution is 0.118. The average Bonchev–Trinajstić information content (AvgIpc) is 3.60. The molecule has 9 aromatic rings. The van der Waals surface area contributed by atoms with Crippen LogP contribution in [0.1, 0.15) is 5.82 Å². The molecule has 0 saturated carbocycles. The molecule has 0 bridgehead atoms. The first kappa shape index (κ1) is 37.5. The standard InChI is InChI=1S/C43H19B11N2O/c44-34-31(35(45)36(46)33-32(34)37(47)39(49)40(50)38(33)48)30-25-9-3-1-7-23(25)29(24-8-2-4-10-26(24)30)21-14-13-20-18-22(16-15-19(20)17-21)56-28-12-6-5-11-27(28)55-41(56)42(51,57)43(52,53)54/h1-18,57H. The summed E-state index contributed by atoms with van der Waals surface area (Å²) in [6.45, 7) is 0. The molecule has 0 amide bonds. The van der Waals surface area contributed by atoms with E-state index in [0.717, 1.165) is 49.0 Å². The lowest BCUT2D eigenvalue weighted by Gasteiger charge is -2.39. The zero-order valence-electron chi connectivity index (χ0n) is 30.6. The van der Waals surface area contributed by atoms with Crippen molar-refractivity contribution >= 4 is 179 Å². The smallest absolute Gasteiger partial charge is 0.135 e. The predicted molar refractivity (Wildman–Crippen MR) is 249 cm³/mol. The van der Waals surface area contributed by atoms with Crippen LogP contribution in [-0.4, -0.2) is 101 Å². The molecule has 22 radical (unpaired) electrons. The van der Waals surface area contributed by atoms with E-state index in [2.05, 4.69) is 29.2 Å². The predicted octanol–water partition coefficient (Wildman–Crippen LogP) is 0.422. The SMILES string of the molecule is [B]c1c([B])c([B])c2c([B])c(-c3c4ccccc4c(-c4ccc5cc(-n6c(C([B])(O)C([B])([B])[B])nc7ccccc76)ccc5c4)c4ccccc34)c([B])c([B])c2c1[B]. The summed E-state index contributed by atoms with van der Waals surface area (Å²) in [5.41, 5.74) is 4.15. The molecule has 0 spiro atoms. The molecule has 0 aliphatic heterocycles. The van der Waals surface area contributed by atoms with Crippen molar-refractivity contribution in [1.29, 1.82) is 0 Å². The summed E-state index contributed by atoms with van der Waals surface area (Å²) in [5.74, 6) is -0.00149. The van der Waals surface area contributed by atoms with Gasteiger partial charge in [-0.25, -0.2) is 4.98 Å². The fourth-order valence-electron chi connectivity index (χ4n) is 8.17. The number of rotatable bonds is 5. The Morgan fingerprint density at radius 3 is 1.56 bits per heavy atom. The Morgan fingerprint density at radius 2 is 0.965 bits per heavy atom. The number of aromatic nitrogens is 2. The Labute approximate surface area is 345 Å². The van der Waals surface area contributed by atoms with Gasteiger partial charge >= 0.3 is 0 Å². The van der Waals surface area contributed by atoms with Crippen molar-refractivity contribution in [2.75, 3.05) is 0 Å².